The van der Waals surface area contributed by atoms with Gasteiger partial charge in [0.15, 0.2) is 11.3 Å². The van der Waals surface area contributed by atoms with Crippen molar-refractivity contribution in [1.82, 2.24) is 0 Å². The Bertz CT molecular complexity index is 957. The molecule has 5 heteroatoms. The highest BCUT2D eigenvalue weighted by Crippen LogP contribution is 2.29. The van der Waals surface area contributed by atoms with Crippen LogP contribution in [0.2, 0.25) is 0 Å². The van der Waals surface area contributed by atoms with Gasteiger partial charge in [-0.15, -0.1) is 0 Å². The van der Waals surface area contributed by atoms with Crippen molar-refractivity contribution in [2.45, 2.75) is 20.5 Å². The van der Waals surface area contributed by atoms with Crippen molar-refractivity contribution in [3.63, 3.8) is 0 Å². The van der Waals surface area contributed by atoms with Gasteiger partial charge in [0, 0.05) is 0 Å². The third-order valence-electron chi connectivity index (χ3n) is 3.74. The molecule has 0 radical (unpaired) electrons. The second-order valence-electron chi connectivity index (χ2n) is 6.36. The summed E-state index contributed by atoms with van der Waals surface area (Å²) in [6, 6.07) is 16.5. The average molecular weight is 352 g/mol. The zero-order chi connectivity index (χ0) is 18.5. The van der Waals surface area contributed by atoms with Crippen molar-refractivity contribution in [3.05, 3.63) is 76.1 Å². The SMILES string of the molecule is CC(C)COC(=O)c1c(OCc2ccccc2)c2ccccc2oc1=O. The van der Waals surface area contributed by atoms with E-state index in [-0.39, 0.29) is 30.4 Å². The highest BCUT2D eigenvalue weighted by atomic mass is 16.5. The molecule has 1 aromatic heterocycles. The molecule has 3 rings (SSSR count). The molecule has 0 spiro atoms. The van der Waals surface area contributed by atoms with Gasteiger partial charge in [-0.1, -0.05) is 56.3 Å². The lowest BCUT2D eigenvalue weighted by atomic mass is 10.1. The molecule has 0 aliphatic carbocycles. The van der Waals surface area contributed by atoms with Crippen molar-refractivity contribution in [1.29, 1.82) is 0 Å². The summed E-state index contributed by atoms with van der Waals surface area (Å²) < 4.78 is 16.4. The van der Waals surface area contributed by atoms with Crippen LogP contribution in [0, 0.1) is 5.92 Å². The van der Waals surface area contributed by atoms with Crippen LogP contribution < -0.4 is 10.4 Å². The van der Waals surface area contributed by atoms with Crippen molar-refractivity contribution in [3.8, 4) is 5.75 Å². The molecule has 0 bridgehead atoms. The lowest BCUT2D eigenvalue weighted by Gasteiger charge is -2.13. The number of hydrogen-bond donors (Lipinski definition) is 0. The Balaban J connectivity index is 2.03. The summed E-state index contributed by atoms with van der Waals surface area (Å²) in [5.74, 6) is -0.393. The summed E-state index contributed by atoms with van der Waals surface area (Å²) >= 11 is 0. The fraction of sp³-hybridized carbons (Fsp3) is 0.238. The van der Waals surface area contributed by atoms with Gasteiger partial charge in [0.25, 0.3) is 0 Å². The average Bonchev–Trinajstić information content (AvgIpc) is 2.64. The molecule has 3 aromatic rings. The first-order chi connectivity index (χ1) is 12.6. The molecule has 1 heterocycles. The van der Waals surface area contributed by atoms with E-state index in [9.17, 15) is 9.59 Å². The van der Waals surface area contributed by atoms with E-state index < -0.39 is 11.6 Å². The van der Waals surface area contributed by atoms with E-state index in [2.05, 4.69) is 0 Å². The number of carbonyl (C=O) groups excluding carboxylic acids is 1. The van der Waals surface area contributed by atoms with Gasteiger partial charge >= 0.3 is 11.6 Å². The minimum Gasteiger partial charge on any atom is -0.487 e. The molecule has 0 unspecified atom stereocenters. The Hall–Kier alpha value is -3.08. The Kier molecular flexibility index (Phi) is 5.37. The number of fused-ring (bicyclic) bond motifs is 1. The van der Waals surface area contributed by atoms with E-state index in [1.54, 1.807) is 24.3 Å². The van der Waals surface area contributed by atoms with Crippen LogP contribution in [0.4, 0.5) is 0 Å². The van der Waals surface area contributed by atoms with Gasteiger partial charge in [0.1, 0.15) is 12.2 Å². The molecule has 0 fully saturated rings. The summed E-state index contributed by atoms with van der Waals surface area (Å²) in [6.07, 6.45) is 0. The van der Waals surface area contributed by atoms with Crippen LogP contribution in [-0.4, -0.2) is 12.6 Å². The Labute approximate surface area is 151 Å². The molecule has 26 heavy (non-hydrogen) atoms. The quantitative estimate of drug-likeness (QED) is 0.492. The Morgan fingerprint density at radius 2 is 1.73 bits per heavy atom. The number of esters is 1. The maximum absolute atomic E-state index is 12.5. The van der Waals surface area contributed by atoms with Crippen molar-refractivity contribution in [2.75, 3.05) is 6.61 Å². The molecule has 134 valence electrons. The minimum atomic E-state index is -0.763. The standard InChI is InChI=1S/C21H20O5/c1-14(2)12-25-20(22)18-19(24-13-15-8-4-3-5-9-15)16-10-6-7-11-17(16)26-21(18)23/h3-11,14H,12-13H2,1-2H3. The topological polar surface area (TPSA) is 65.7 Å². The normalized spacial score (nSPS) is 10.9. The van der Waals surface area contributed by atoms with Gasteiger partial charge in [-0.05, 0) is 23.6 Å². The molecular formula is C21H20O5. The number of benzene rings is 2. The molecular weight excluding hydrogens is 332 g/mol. The molecule has 0 N–H and O–H groups in total. The van der Waals surface area contributed by atoms with Crippen LogP contribution in [0.25, 0.3) is 11.0 Å². The maximum atomic E-state index is 12.5. The highest BCUT2D eigenvalue weighted by molar-refractivity contribution is 5.98. The second kappa shape index (κ2) is 7.87. The first kappa shape index (κ1) is 17.7. The lowest BCUT2D eigenvalue weighted by molar-refractivity contribution is 0.0449. The van der Waals surface area contributed by atoms with Gasteiger partial charge in [-0.2, -0.15) is 0 Å². The fourth-order valence-corrected chi connectivity index (χ4v) is 2.49. The Morgan fingerprint density at radius 3 is 2.46 bits per heavy atom. The first-order valence-electron chi connectivity index (χ1n) is 8.46. The molecule has 0 saturated heterocycles. The van der Waals surface area contributed by atoms with Crippen LogP contribution >= 0.6 is 0 Å². The molecule has 0 amide bonds. The van der Waals surface area contributed by atoms with Crippen LogP contribution in [0.5, 0.6) is 5.75 Å². The van der Waals surface area contributed by atoms with Gasteiger partial charge in [0.2, 0.25) is 0 Å². The van der Waals surface area contributed by atoms with Crippen LogP contribution in [0.1, 0.15) is 29.8 Å². The van der Waals surface area contributed by atoms with E-state index in [0.29, 0.717) is 11.0 Å². The van der Waals surface area contributed by atoms with Gasteiger partial charge in [0.05, 0.1) is 12.0 Å². The van der Waals surface area contributed by atoms with Crippen LogP contribution in [0.15, 0.2) is 63.8 Å². The van der Waals surface area contributed by atoms with Crippen molar-refractivity contribution in [2.24, 2.45) is 5.92 Å². The van der Waals surface area contributed by atoms with Crippen LogP contribution in [-0.2, 0) is 11.3 Å². The smallest absolute Gasteiger partial charge is 0.354 e. The monoisotopic (exact) mass is 352 g/mol. The molecule has 2 aromatic carbocycles. The van der Waals surface area contributed by atoms with Crippen molar-refractivity contribution >= 4 is 16.9 Å². The summed E-state index contributed by atoms with van der Waals surface area (Å²) in [5.41, 5.74) is 0.313. The number of rotatable bonds is 6. The van der Waals surface area contributed by atoms with Crippen LogP contribution in [0.3, 0.4) is 0 Å². The number of para-hydroxylation sites is 1. The largest absolute Gasteiger partial charge is 0.487 e. The van der Waals surface area contributed by atoms with Gasteiger partial charge in [-0.25, -0.2) is 9.59 Å². The zero-order valence-electron chi connectivity index (χ0n) is 14.7. The maximum Gasteiger partial charge on any atom is 0.354 e. The highest BCUT2D eigenvalue weighted by Gasteiger charge is 2.24. The lowest BCUT2D eigenvalue weighted by Crippen LogP contribution is -2.20. The van der Waals surface area contributed by atoms with E-state index in [1.807, 2.05) is 44.2 Å². The fourth-order valence-electron chi connectivity index (χ4n) is 2.49. The number of ether oxygens (including phenoxy) is 2. The van der Waals surface area contributed by atoms with E-state index in [1.165, 1.54) is 0 Å². The van der Waals surface area contributed by atoms with E-state index >= 15 is 0 Å². The van der Waals surface area contributed by atoms with E-state index in [4.69, 9.17) is 13.9 Å². The third-order valence-corrected chi connectivity index (χ3v) is 3.74. The molecule has 0 atom stereocenters. The second-order valence-corrected chi connectivity index (χ2v) is 6.36. The molecule has 0 saturated carbocycles. The van der Waals surface area contributed by atoms with E-state index in [0.717, 1.165) is 5.56 Å². The molecule has 0 aliphatic rings. The van der Waals surface area contributed by atoms with Crippen molar-refractivity contribution < 1.29 is 18.7 Å². The first-order valence-corrected chi connectivity index (χ1v) is 8.46. The third kappa shape index (κ3) is 3.94. The number of hydrogen-bond acceptors (Lipinski definition) is 5. The van der Waals surface area contributed by atoms with Gasteiger partial charge in [-0.3, -0.25) is 0 Å². The Morgan fingerprint density at radius 1 is 1.04 bits per heavy atom. The summed E-state index contributed by atoms with van der Waals surface area (Å²) in [7, 11) is 0. The molecule has 5 nitrogen and oxygen atoms in total. The molecule has 0 aliphatic heterocycles. The predicted octanol–water partition coefficient (Wildman–Crippen LogP) is 4.18. The van der Waals surface area contributed by atoms with Gasteiger partial charge < -0.3 is 13.9 Å². The summed E-state index contributed by atoms with van der Waals surface area (Å²) in [5, 5.41) is 0.555. The summed E-state index contributed by atoms with van der Waals surface area (Å²) in [4.78, 5) is 24.9. The predicted molar refractivity (Wildman–Crippen MR) is 98.4 cm³/mol. The number of carbonyl (C=O) groups is 1. The minimum absolute atomic E-state index is 0.153. The summed E-state index contributed by atoms with van der Waals surface area (Å²) in [6.45, 7) is 4.27. The zero-order valence-corrected chi connectivity index (χ0v) is 14.7.